The van der Waals surface area contributed by atoms with Gasteiger partial charge in [-0.05, 0) is 73.5 Å². The average Bonchev–Trinajstić information content (AvgIpc) is 2.86. The molecular weight excluding hydrogens is 474 g/mol. The molecule has 9 heteroatoms. The molecule has 0 aromatic heterocycles. The predicted molar refractivity (Wildman–Crippen MR) is 141 cm³/mol. The van der Waals surface area contributed by atoms with Crippen LogP contribution in [0.3, 0.4) is 0 Å². The fourth-order valence-corrected chi connectivity index (χ4v) is 3.38. The van der Waals surface area contributed by atoms with Gasteiger partial charge in [0, 0.05) is 30.4 Å². The molecule has 3 N–H and O–H groups in total. The van der Waals surface area contributed by atoms with Crippen molar-refractivity contribution >= 4 is 40.8 Å². The van der Waals surface area contributed by atoms with Gasteiger partial charge in [0.05, 0.1) is 6.42 Å². The van der Waals surface area contributed by atoms with Gasteiger partial charge in [0.15, 0.2) is 6.61 Å². The summed E-state index contributed by atoms with van der Waals surface area (Å²) >= 11 is 0. The van der Waals surface area contributed by atoms with Crippen LogP contribution in [0.4, 0.5) is 17.1 Å². The normalized spacial score (nSPS) is 10.2. The van der Waals surface area contributed by atoms with Gasteiger partial charge < -0.3 is 25.4 Å². The van der Waals surface area contributed by atoms with Gasteiger partial charge in [-0.2, -0.15) is 0 Å². The second-order valence-corrected chi connectivity index (χ2v) is 8.36. The molecule has 3 aromatic rings. The summed E-state index contributed by atoms with van der Waals surface area (Å²) in [5.41, 5.74) is 3.70. The SMILES string of the molecule is CC(=O)Nc1ccc(NC(=O)COC(=O)CCC(=O)Nc2ccc(Oc3c(C)cccc3C)cc2)cc1. The number of benzene rings is 3. The largest absolute Gasteiger partial charge is 0.457 e. The molecule has 9 nitrogen and oxygen atoms in total. The van der Waals surface area contributed by atoms with E-state index in [1.54, 1.807) is 48.5 Å². The highest BCUT2D eigenvalue weighted by atomic mass is 16.5. The zero-order chi connectivity index (χ0) is 26.8. The number of para-hydroxylation sites is 1. The number of nitrogens with one attached hydrogen (secondary N) is 3. The molecule has 3 aromatic carbocycles. The number of carbonyl (C=O) groups excluding carboxylic acids is 4. The monoisotopic (exact) mass is 503 g/mol. The predicted octanol–water partition coefficient (Wildman–Crippen LogP) is 4.95. The zero-order valence-electron chi connectivity index (χ0n) is 20.9. The molecule has 0 aliphatic rings. The quantitative estimate of drug-likeness (QED) is 0.336. The highest BCUT2D eigenvalue weighted by molar-refractivity contribution is 5.95. The van der Waals surface area contributed by atoms with Gasteiger partial charge >= 0.3 is 5.97 Å². The molecule has 0 saturated carbocycles. The molecule has 0 heterocycles. The number of esters is 1. The summed E-state index contributed by atoms with van der Waals surface area (Å²) in [4.78, 5) is 47.2. The molecule has 192 valence electrons. The van der Waals surface area contributed by atoms with E-state index in [1.807, 2.05) is 32.0 Å². The molecule has 0 aliphatic carbocycles. The first-order valence-corrected chi connectivity index (χ1v) is 11.7. The van der Waals surface area contributed by atoms with Crippen LogP contribution in [0.5, 0.6) is 11.5 Å². The van der Waals surface area contributed by atoms with Crippen molar-refractivity contribution in [2.24, 2.45) is 0 Å². The first kappa shape index (κ1) is 26.9. The maximum absolute atomic E-state index is 12.2. The number of ether oxygens (including phenoxy) is 2. The first-order chi connectivity index (χ1) is 17.7. The summed E-state index contributed by atoms with van der Waals surface area (Å²) in [6.45, 7) is 4.87. The van der Waals surface area contributed by atoms with Crippen molar-refractivity contribution in [1.29, 1.82) is 0 Å². The molecule has 3 rings (SSSR count). The van der Waals surface area contributed by atoms with Crippen LogP contribution in [0.1, 0.15) is 30.9 Å². The fourth-order valence-electron chi connectivity index (χ4n) is 3.38. The van der Waals surface area contributed by atoms with Crippen LogP contribution in [0.25, 0.3) is 0 Å². The average molecular weight is 504 g/mol. The summed E-state index contributed by atoms with van der Waals surface area (Å²) in [5, 5.41) is 7.92. The third-order valence-corrected chi connectivity index (χ3v) is 5.18. The molecule has 0 radical (unpaired) electrons. The van der Waals surface area contributed by atoms with E-state index in [-0.39, 0.29) is 24.7 Å². The molecule has 0 bridgehead atoms. The molecule has 3 amide bonds. The van der Waals surface area contributed by atoms with Crippen molar-refractivity contribution in [3.05, 3.63) is 77.9 Å². The van der Waals surface area contributed by atoms with Crippen LogP contribution in [-0.2, 0) is 23.9 Å². The first-order valence-electron chi connectivity index (χ1n) is 11.7. The maximum atomic E-state index is 12.2. The molecule has 0 unspecified atom stereocenters. The van der Waals surface area contributed by atoms with Gasteiger partial charge in [0.1, 0.15) is 11.5 Å². The highest BCUT2D eigenvalue weighted by Crippen LogP contribution is 2.29. The summed E-state index contributed by atoms with van der Waals surface area (Å²) in [6, 6.07) is 19.3. The van der Waals surface area contributed by atoms with Crippen molar-refractivity contribution in [3.8, 4) is 11.5 Å². The molecule has 0 saturated heterocycles. The maximum Gasteiger partial charge on any atom is 0.306 e. The third-order valence-electron chi connectivity index (χ3n) is 5.18. The van der Waals surface area contributed by atoms with E-state index in [4.69, 9.17) is 9.47 Å². The third kappa shape index (κ3) is 8.81. The zero-order valence-corrected chi connectivity index (χ0v) is 20.9. The Kier molecular flexibility index (Phi) is 9.37. The molecular formula is C28H29N3O6. The second kappa shape index (κ2) is 12.9. The van der Waals surface area contributed by atoms with Gasteiger partial charge in [0.25, 0.3) is 5.91 Å². The van der Waals surface area contributed by atoms with E-state index in [1.165, 1.54) is 6.92 Å². The number of amides is 3. The minimum Gasteiger partial charge on any atom is -0.457 e. The van der Waals surface area contributed by atoms with E-state index in [9.17, 15) is 19.2 Å². The van der Waals surface area contributed by atoms with Gasteiger partial charge in [-0.1, -0.05) is 18.2 Å². The van der Waals surface area contributed by atoms with Gasteiger partial charge in [-0.25, -0.2) is 0 Å². The summed E-state index contributed by atoms with van der Waals surface area (Å²) in [7, 11) is 0. The van der Waals surface area contributed by atoms with Crippen LogP contribution in [-0.4, -0.2) is 30.3 Å². The van der Waals surface area contributed by atoms with Crippen LogP contribution in [0.2, 0.25) is 0 Å². The summed E-state index contributed by atoms with van der Waals surface area (Å²) < 4.78 is 10.9. The Morgan fingerprint density at radius 2 is 1.19 bits per heavy atom. The Morgan fingerprint density at radius 1 is 0.676 bits per heavy atom. The van der Waals surface area contributed by atoms with Gasteiger partial charge in [0.2, 0.25) is 11.8 Å². The van der Waals surface area contributed by atoms with E-state index in [0.717, 1.165) is 16.9 Å². The van der Waals surface area contributed by atoms with Crippen LogP contribution < -0.4 is 20.7 Å². The number of anilines is 3. The topological polar surface area (TPSA) is 123 Å². The van der Waals surface area contributed by atoms with Crippen molar-refractivity contribution in [2.45, 2.75) is 33.6 Å². The Morgan fingerprint density at radius 3 is 1.76 bits per heavy atom. The fraction of sp³-hybridized carbons (Fsp3) is 0.214. The van der Waals surface area contributed by atoms with Crippen molar-refractivity contribution in [1.82, 2.24) is 0 Å². The van der Waals surface area contributed by atoms with Crippen molar-refractivity contribution < 1.29 is 28.7 Å². The minimum absolute atomic E-state index is 0.0915. The van der Waals surface area contributed by atoms with Crippen molar-refractivity contribution in [3.63, 3.8) is 0 Å². The molecule has 37 heavy (non-hydrogen) atoms. The Hall–Kier alpha value is -4.66. The van der Waals surface area contributed by atoms with Gasteiger partial charge in [-0.15, -0.1) is 0 Å². The number of hydrogen-bond donors (Lipinski definition) is 3. The van der Waals surface area contributed by atoms with Crippen LogP contribution in [0.15, 0.2) is 66.7 Å². The molecule has 0 atom stereocenters. The van der Waals surface area contributed by atoms with E-state index >= 15 is 0 Å². The number of carbonyl (C=O) groups is 4. The summed E-state index contributed by atoms with van der Waals surface area (Å²) in [5.74, 6) is -0.304. The van der Waals surface area contributed by atoms with E-state index in [2.05, 4.69) is 16.0 Å². The Labute approximate surface area is 215 Å². The molecule has 0 aliphatic heterocycles. The lowest BCUT2D eigenvalue weighted by molar-refractivity contribution is -0.147. The lowest BCUT2D eigenvalue weighted by atomic mass is 10.1. The number of aryl methyl sites for hydroxylation is 2. The minimum atomic E-state index is -0.663. The second-order valence-electron chi connectivity index (χ2n) is 8.36. The summed E-state index contributed by atoms with van der Waals surface area (Å²) in [6.07, 6.45) is -0.260. The number of rotatable bonds is 10. The van der Waals surface area contributed by atoms with Crippen molar-refractivity contribution in [2.75, 3.05) is 22.6 Å². The van der Waals surface area contributed by atoms with Crippen LogP contribution in [0, 0.1) is 13.8 Å². The lowest BCUT2D eigenvalue weighted by Crippen LogP contribution is -2.21. The molecule has 0 fully saturated rings. The standard InChI is InChI=1S/C28H29N3O6/c1-18-5-4-6-19(2)28(18)37-24-13-11-23(12-14-24)30-25(33)15-16-27(35)36-17-26(34)31-22-9-7-21(8-10-22)29-20(3)32/h4-14H,15-17H2,1-3H3,(H,29,32)(H,30,33)(H,31,34). The van der Waals surface area contributed by atoms with Gasteiger partial charge in [-0.3, -0.25) is 19.2 Å². The van der Waals surface area contributed by atoms with E-state index < -0.39 is 18.5 Å². The highest BCUT2D eigenvalue weighted by Gasteiger charge is 2.12. The number of hydrogen-bond acceptors (Lipinski definition) is 6. The van der Waals surface area contributed by atoms with E-state index in [0.29, 0.717) is 22.8 Å². The Bertz CT molecular complexity index is 1250. The molecule has 0 spiro atoms. The lowest BCUT2D eigenvalue weighted by Gasteiger charge is -2.12. The Balaban J connectivity index is 1.37. The van der Waals surface area contributed by atoms with Crippen LogP contribution >= 0.6 is 0 Å². The smallest absolute Gasteiger partial charge is 0.306 e.